The van der Waals surface area contributed by atoms with Crippen molar-refractivity contribution in [1.29, 1.82) is 0 Å². The van der Waals surface area contributed by atoms with Crippen molar-refractivity contribution in [2.24, 2.45) is 7.05 Å². The third-order valence-corrected chi connectivity index (χ3v) is 9.99. The molecule has 2 aromatic heterocycles. The van der Waals surface area contributed by atoms with Crippen molar-refractivity contribution < 1.29 is 28.6 Å². The first-order chi connectivity index (χ1) is 23.2. The maximum Gasteiger partial charge on any atom is 0.337 e. The van der Waals surface area contributed by atoms with Crippen LogP contribution in [0.15, 0.2) is 61.1 Å². The Morgan fingerprint density at radius 3 is 2.44 bits per heavy atom. The van der Waals surface area contributed by atoms with E-state index in [0.29, 0.717) is 52.5 Å². The van der Waals surface area contributed by atoms with Gasteiger partial charge in [0.05, 0.1) is 58.7 Å². The fraction of sp³-hybridized carbons (Fsp3) is 0.257. The van der Waals surface area contributed by atoms with Crippen LogP contribution in [0.3, 0.4) is 0 Å². The largest absolute Gasteiger partial charge is 0.478 e. The predicted molar refractivity (Wildman–Crippen MR) is 178 cm³/mol. The number of anilines is 1. The summed E-state index contributed by atoms with van der Waals surface area (Å²) in [5.74, 6) is -1.88. The van der Waals surface area contributed by atoms with Crippen LogP contribution in [0.5, 0.6) is 5.75 Å². The first-order valence-electron chi connectivity index (χ1n) is 15.4. The Bertz CT molecular complexity index is 2120. The van der Waals surface area contributed by atoms with Crippen LogP contribution in [-0.4, -0.2) is 68.4 Å². The van der Waals surface area contributed by atoms with Gasteiger partial charge in [-0.2, -0.15) is 0 Å². The molecule has 3 aromatic carbocycles. The molecule has 0 saturated carbocycles. The highest BCUT2D eigenvalue weighted by Gasteiger charge is 2.40. The molecule has 3 aliphatic rings. The van der Waals surface area contributed by atoms with Crippen LogP contribution in [0.2, 0.25) is 10.0 Å². The summed E-state index contributed by atoms with van der Waals surface area (Å²) < 4.78 is 29.4. The predicted octanol–water partition coefficient (Wildman–Crippen LogP) is 6.81. The fourth-order valence-corrected chi connectivity index (χ4v) is 7.84. The van der Waals surface area contributed by atoms with E-state index >= 15 is 4.39 Å². The number of benzene rings is 3. The van der Waals surface area contributed by atoms with Crippen LogP contribution in [0.1, 0.15) is 39.1 Å². The molecule has 1 amide bonds. The summed E-state index contributed by atoms with van der Waals surface area (Å²) in [6, 6.07) is 11.4. The SMILES string of the molecule is Cn1cc(-c2cc(Cl)c(C(=O)N3COc4c(cccc4-c4cc(N5C6CCC5COC6)c(C(=O)O)cc4F)C3)c(Cl)c2)c2nccnc21. The van der Waals surface area contributed by atoms with E-state index in [1.807, 2.05) is 17.8 Å². The lowest BCUT2D eigenvalue weighted by Gasteiger charge is -2.37. The molecule has 2 bridgehead atoms. The molecule has 0 aliphatic carbocycles. The molecule has 10 nitrogen and oxygen atoms in total. The zero-order valence-corrected chi connectivity index (χ0v) is 27.1. The monoisotopic (exact) mass is 687 g/mol. The van der Waals surface area contributed by atoms with Crippen molar-refractivity contribution in [2.45, 2.75) is 31.5 Å². The molecular formula is C35H28Cl2FN5O5. The number of carbonyl (C=O) groups is 2. The molecule has 2 fully saturated rings. The van der Waals surface area contributed by atoms with E-state index in [0.717, 1.165) is 24.5 Å². The van der Waals surface area contributed by atoms with Gasteiger partial charge < -0.3 is 28.9 Å². The average molecular weight is 689 g/mol. The highest BCUT2D eigenvalue weighted by molar-refractivity contribution is 6.40. The second kappa shape index (κ2) is 11.8. The number of aromatic nitrogens is 3. The van der Waals surface area contributed by atoms with Crippen LogP contribution in [0.25, 0.3) is 33.4 Å². The molecule has 2 unspecified atom stereocenters. The maximum absolute atomic E-state index is 15.7. The van der Waals surface area contributed by atoms with Crippen molar-refractivity contribution in [3.05, 3.63) is 93.6 Å². The van der Waals surface area contributed by atoms with Crippen molar-refractivity contribution in [3.8, 4) is 28.0 Å². The van der Waals surface area contributed by atoms with Crippen molar-refractivity contribution >= 4 is 51.9 Å². The van der Waals surface area contributed by atoms with E-state index in [1.165, 1.54) is 4.90 Å². The Morgan fingerprint density at radius 1 is 0.979 bits per heavy atom. The number of aromatic carboxylic acids is 1. The van der Waals surface area contributed by atoms with Crippen LogP contribution in [0, 0.1) is 5.82 Å². The lowest BCUT2D eigenvalue weighted by Crippen LogP contribution is -2.46. The number of halogens is 3. The summed E-state index contributed by atoms with van der Waals surface area (Å²) in [7, 11) is 1.87. The molecule has 5 aromatic rings. The summed E-state index contributed by atoms with van der Waals surface area (Å²) in [6.45, 7) is 1.01. The number of carboxylic acid groups (broad SMARTS) is 1. The lowest BCUT2D eigenvalue weighted by atomic mass is 9.96. The third kappa shape index (κ3) is 4.96. The van der Waals surface area contributed by atoms with Gasteiger partial charge in [0.15, 0.2) is 12.4 Å². The van der Waals surface area contributed by atoms with Gasteiger partial charge >= 0.3 is 5.97 Å². The Hall–Kier alpha value is -4.71. The molecule has 13 heteroatoms. The number of fused-ring (bicyclic) bond motifs is 4. The Kier molecular flexibility index (Phi) is 7.50. The number of para-hydroxylation sites is 1. The number of amides is 1. The minimum Gasteiger partial charge on any atom is -0.478 e. The second-order valence-corrected chi connectivity index (χ2v) is 13.1. The van der Waals surface area contributed by atoms with E-state index < -0.39 is 17.7 Å². The zero-order chi connectivity index (χ0) is 33.3. The second-order valence-electron chi connectivity index (χ2n) is 12.3. The number of aryl methyl sites for hydroxylation is 1. The molecule has 0 radical (unpaired) electrons. The highest BCUT2D eigenvalue weighted by Crippen LogP contribution is 2.43. The standard InChI is InChI=1S/C35H28Cl2FN5O5/c1-41-14-25(31-33(41)40-8-7-39-31)19-9-26(36)30(27(37)10-19)34(44)42-13-18-3-2-4-22(32(18)48-17-42)23-12-29(24(35(45)46)11-28(23)38)43-20-5-6-21(43)16-47-15-20/h2-4,7-12,14,20-21H,5-6,13,15-17H2,1H3,(H,45,46). The number of nitrogens with zero attached hydrogens (tertiary/aromatic N) is 5. The molecule has 2 saturated heterocycles. The number of carboxylic acids is 1. The first-order valence-corrected chi connectivity index (χ1v) is 16.2. The molecule has 48 heavy (non-hydrogen) atoms. The topological polar surface area (TPSA) is 110 Å². The zero-order valence-electron chi connectivity index (χ0n) is 25.6. The summed E-state index contributed by atoms with van der Waals surface area (Å²) in [5.41, 5.74) is 4.70. The quantitative estimate of drug-likeness (QED) is 0.215. The minimum absolute atomic E-state index is 0.0223. The molecule has 8 rings (SSSR count). The molecule has 0 spiro atoms. The summed E-state index contributed by atoms with van der Waals surface area (Å²) >= 11 is 13.4. The van der Waals surface area contributed by atoms with E-state index in [1.54, 1.807) is 48.8 Å². The van der Waals surface area contributed by atoms with Gasteiger partial charge in [-0.3, -0.25) is 9.78 Å². The summed E-state index contributed by atoms with van der Waals surface area (Å²) in [4.78, 5) is 38.4. The first kappa shape index (κ1) is 30.6. The molecule has 5 heterocycles. The van der Waals surface area contributed by atoms with Gasteiger partial charge in [-0.15, -0.1) is 0 Å². The van der Waals surface area contributed by atoms with Crippen LogP contribution in [0.4, 0.5) is 10.1 Å². The van der Waals surface area contributed by atoms with E-state index in [9.17, 15) is 14.7 Å². The van der Waals surface area contributed by atoms with Gasteiger partial charge in [0.2, 0.25) is 0 Å². The van der Waals surface area contributed by atoms with Crippen LogP contribution < -0.4 is 9.64 Å². The highest BCUT2D eigenvalue weighted by atomic mass is 35.5. The van der Waals surface area contributed by atoms with Crippen molar-refractivity contribution in [1.82, 2.24) is 19.4 Å². The van der Waals surface area contributed by atoms with Crippen molar-refractivity contribution in [2.75, 3.05) is 24.8 Å². The number of hydrogen-bond acceptors (Lipinski definition) is 7. The number of hydrogen-bond donors (Lipinski definition) is 1. The van der Waals surface area contributed by atoms with Gasteiger partial charge in [-0.05, 0) is 42.7 Å². The normalized spacial score (nSPS) is 18.6. The Balaban J connectivity index is 1.11. The Labute approximate surface area is 284 Å². The van der Waals surface area contributed by atoms with Gasteiger partial charge in [0, 0.05) is 47.9 Å². The van der Waals surface area contributed by atoms with Crippen LogP contribution >= 0.6 is 23.2 Å². The van der Waals surface area contributed by atoms with Gasteiger partial charge in [-0.25, -0.2) is 14.2 Å². The molecule has 1 N–H and O–H groups in total. The minimum atomic E-state index is -1.20. The van der Waals surface area contributed by atoms with Gasteiger partial charge in [0.1, 0.15) is 17.1 Å². The lowest BCUT2D eigenvalue weighted by molar-refractivity contribution is 0.0516. The van der Waals surface area contributed by atoms with E-state index in [2.05, 4.69) is 14.9 Å². The smallest absolute Gasteiger partial charge is 0.337 e. The molecule has 244 valence electrons. The fourth-order valence-electron chi connectivity index (χ4n) is 7.19. The Morgan fingerprint density at radius 2 is 1.71 bits per heavy atom. The molecule has 2 atom stereocenters. The van der Waals surface area contributed by atoms with E-state index in [-0.39, 0.29) is 52.1 Å². The van der Waals surface area contributed by atoms with Gasteiger partial charge in [0.25, 0.3) is 5.91 Å². The number of morpholine rings is 1. The van der Waals surface area contributed by atoms with Crippen LogP contribution in [-0.2, 0) is 18.3 Å². The van der Waals surface area contributed by atoms with Crippen molar-refractivity contribution in [3.63, 3.8) is 0 Å². The number of carbonyl (C=O) groups excluding carboxylic acids is 1. The third-order valence-electron chi connectivity index (χ3n) is 9.39. The number of rotatable bonds is 5. The molecular weight excluding hydrogens is 660 g/mol. The number of ether oxygens (including phenoxy) is 2. The summed E-state index contributed by atoms with van der Waals surface area (Å²) in [6.07, 6.45) is 6.86. The van der Waals surface area contributed by atoms with E-state index in [4.69, 9.17) is 32.7 Å². The maximum atomic E-state index is 15.7. The molecule has 3 aliphatic heterocycles. The summed E-state index contributed by atoms with van der Waals surface area (Å²) in [5, 5.41) is 10.3. The average Bonchev–Trinajstić information content (AvgIpc) is 3.54. The van der Waals surface area contributed by atoms with Gasteiger partial charge in [-0.1, -0.05) is 41.4 Å².